The van der Waals surface area contributed by atoms with E-state index in [1.807, 2.05) is 31.2 Å². The minimum absolute atomic E-state index is 0.336. The van der Waals surface area contributed by atoms with E-state index in [9.17, 15) is 9.59 Å². The first-order chi connectivity index (χ1) is 17.0. The summed E-state index contributed by atoms with van der Waals surface area (Å²) in [4.78, 5) is 25.1. The van der Waals surface area contributed by atoms with Crippen LogP contribution in [0.3, 0.4) is 0 Å². The fraction of sp³-hybridized carbons (Fsp3) is 0.517. The van der Waals surface area contributed by atoms with Gasteiger partial charge in [-0.2, -0.15) is 0 Å². The molecule has 2 aromatic carbocycles. The topological polar surface area (TPSA) is 71.1 Å². The van der Waals surface area contributed by atoms with Crippen LogP contribution in [-0.4, -0.2) is 25.5 Å². The van der Waals surface area contributed by atoms with Crippen molar-refractivity contribution in [2.24, 2.45) is 0 Å². The van der Waals surface area contributed by atoms with Gasteiger partial charge in [-0.3, -0.25) is 0 Å². The summed E-state index contributed by atoms with van der Waals surface area (Å²) in [6, 6.07) is 7.49. The monoisotopic (exact) mass is 482 g/mol. The van der Waals surface area contributed by atoms with E-state index in [1.54, 1.807) is 0 Å². The molecule has 1 aliphatic carbocycles. The summed E-state index contributed by atoms with van der Waals surface area (Å²) in [5.41, 5.74) is 2.84. The molecular weight excluding hydrogens is 444 g/mol. The van der Waals surface area contributed by atoms with E-state index in [0.717, 1.165) is 68.1 Å². The van der Waals surface area contributed by atoms with Crippen molar-refractivity contribution in [2.45, 2.75) is 85.0 Å². The number of ether oxygens (including phenoxy) is 4. The SMILES string of the molecule is CCCCCCOC(=O)Oc1c2c(c(OC(=O)OCCCCCC)c3ccccc13)CC(C)=CC2. The third kappa shape index (κ3) is 7.48. The summed E-state index contributed by atoms with van der Waals surface area (Å²) in [7, 11) is 0. The number of unbranched alkanes of at least 4 members (excludes halogenated alkanes) is 6. The Morgan fingerprint density at radius 3 is 1.77 bits per heavy atom. The van der Waals surface area contributed by atoms with Gasteiger partial charge >= 0.3 is 12.3 Å². The van der Waals surface area contributed by atoms with Crippen LogP contribution in [0.15, 0.2) is 35.9 Å². The Kier molecular flexibility index (Phi) is 10.5. The summed E-state index contributed by atoms with van der Waals surface area (Å²) < 4.78 is 22.2. The number of benzene rings is 2. The standard InChI is InChI=1S/C29H38O6/c1-4-6-8-12-18-32-28(30)34-26-22-14-10-11-15-23(22)27(25-20-21(3)16-17-24(25)26)35-29(31)33-19-13-9-7-5-2/h10-11,14-16H,4-9,12-13,17-20H2,1-3H3. The van der Waals surface area contributed by atoms with Gasteiger partial charge in [0.15, 0.2) is 0 Å². The molecule has 35 heavy (non-hydrogen) atoms. The first-order valence-electron chi connectivity index (χ1n) is 13.0. The van der Waals surface area contributed by atoms with E-state index in [1.165, 1.54) is 0 Å². The molecule has 0 atom stereocenters. The molecule has 0 saturated carbocycles. The van der Waals surface area contributed by atoms with Crippen molar-refractivity contribution in [3.05, 3.63) is 47.0 Å². The average molecular weight is 483 g/mol. The first kappa shape index (κ1) is 26.6. The number of fused-ring (bicyclic) bond motifs is 2. The van der Waals surface area contributed by atoms with Crippen LogP contribution in [0, 0.1) is 0 Å². The zero-order valence-electron chi connectivity index (χ0n) is 21.3. The highest BCUT2D eigenvalue weighted by molar-refractivity contribution is 5.98. The molecule has 2 aromatic rings. The fourth-order valence-corrected chi connectivity index (χ4v) is 4.34. The molecule has 0 radical (unpaired) electrons. The predicted molar refractivity (Wildman–Crippen MR) is 137 cm³/mol. The highest BCUT2D eigenvalue weighted by atomic mass is 16.7. The lowest BCUT2D eigenvalue weighted by Gasteiger charge is -2.23. The highest BCUT2D eigenvalue weighted by Crippen LogP contribution is 2.44. The lowest BCUT2D eigenvalue weighted by atomic mass is 9.87. The number of allylic oxidation sites excluding steroid dienone is 2. The van der Waals surface area contributed by atoms with E-state index in [-0.39, 0.29) is 0 Å². The van der Waals surface area contributed by atoms with Crippen LogP contribution >= 0.6 is 0 Å². The predicted octanol–water partition coefficient (Wildman–Crippen LogP) is 8.08. The number of hydrogen-bond donors (Lipinski definition) is 0. The van der Waals surface area contributed by atoms with E-state index < -0.39 is 12.3 Å². The van der Waals surface area contributed by atoms with Gasteiger partial charge in [-0.1, -0.05) is 88.3 Å². The summed E-state index contributed by atoms with van der Waals surface area (Å²) in [6.45, 7) is 6.99. The molecule has 0 unspecified atom stereocenters. The molecule has 3 rings (SSSR count). The molecule has 0 N–H and O–H groups in total. The molecule has 0 fully saturated rings. The Bertz CT molecular complexity index is 1040. The summed E-state index contributed by atoms with van der Waals surface area (Å²) >= 11 is 0. The Hall–Kier alpha value is -3.02. The van der Waals surface area contributed by atoms with Crippen LogP contribution in [-0.2, 0) is 22.3 Å². The Morgan fingerprint density at radius 2 is 1.26 bits per heavy atom. The van der Waals surface area contributed by atoms with Crippen LogP contribution in [0.4, 0.5) is 9.59 Å². The number of carbonyl (C=O) groups excluding carboxylic acids is 2. The van der Waals surface area contributed by atoms with Crippen LogP contribution in [0.5, 0.6) is 11.5 Å². The second kappa shape index (κ2) is 13.8. The molecule has 0 heterocycles. The van der Waals surface area contributed by atoms with Crippen molar-refractivity contribution in [3.8, 4) is 11.5 Å². The molecule has 0 aromatic heterocycles. The lowest BCUT2D eigenvalue weighted by molar-refractivity contribution is 0.0953. The van der Waals surface area contributed by atoms with Gasteiger partial charge in [0.05, 0.1) is 13.2 Å². The van der Waals surface area contributed by atoms with Crippen molar-refractivity contribution in [1.29, 1.82) is 0 Å². The van der Waals surface area contributed by atoms with E-state index in [0.29, 0.717) is 48.3 Å². The molecule has 0 saturated heterocycles. The molecule has 0 spiro atoms. The largest absolute Gasteiger partial charge is 0.513 e. The smallest absolute Gasteiger partial charge is 0.434 e. The molecule has 6 heteroatoms. The van der Waals surface area contributed by atoms with E-state index >= 15 is 0 Å². The van der Waals surface area contributed by atoms with Gasteiger partial charge < -0.3 is 18.9 Å². The van der Waals surface area contributed by atoms with E-state index in [2.05, 4.69) is 19.9 Å². The van der Waals surface area contributed by atoms with Crippen molar-refractivity contribution < 1.29 is 28.5 Å². The van der Waals surface area contributed by atoms with Gasteiger partial charge in [0, 0.05) is 21.9 Å². The molecule has 0 aliphatic heterocycles. The van der Waals surface area contributed by atoms with E-state index in [4.69, 9.17) is 18.9 Å². The molecule has 190 valence electrons. The van der Waals surface area contributed by atoms with Crippen molar-refractivity contribution >= 4 is 23.1 Å². The lowest BCUT2D eigenvalue weighted by Crippen LogP contribution is -2.17. The Morgan fingerprint density at radius 1 is 0.743 bits per heavy atom. The van der Waals surface area contributed by atoms with Crippen molar-refractivity contribution in [3.63, 3.8) is 0 Å². The zero-order valence-corrected chi connectivity index (χ0v) is 21.3. The van der Waals surface area contributed by atoms with Gasteiger partial charge in [0.2, 0.25) is 0 Å². The third-order valence-corrected chi connectivity index (χ3v) is 6.25. The molecule has 1 aliphatic rings. The average Bonchev–Trinajstić information content (AvgIpc) is 2.85. The molecule has 0 bridgehead atoms. The number of rotatable bonds is 12. The van der Waals surface area contributed by atoms with Crippen molar-refractivity contribution in [2.75, 3.05) is 13.2 Å². The Labute approximate surface area is 208 Å². The summed E-state index contributed by atoms with van der Waals surface area (Å²) in [5.74, 6) is 0.945. The molecular formula is C29H38O6. The zero-order chi connectivity index (χ0) is 25.0. The van der Waals surface area contributed by atoms with Crippen molar-refractivity contribution in [1.82, 2.24) is 0 Å². The number of hydrogen-bond acceptors (Lipinski definition) is 6. The number of carbonyl (C=O) groups is 2. The summed E-state index contributed by atoms with van der Waals surface area (Å²) in [5, 5.41) is 1.41. The minimum Gasteiger partial charge on any atom is -0.434 e. The maximum Gasteiger partial charge on any atom is 0.513 e. The fourth-order valence-electron chi connectivity index (χ4n) is 4.34. The maximum atomic E-state index is 12.5. The van der Waals surface area contributed by atoms with Gasteiger partial charge in [-0.05, 0) is 32.6 Å². The van der Waals surface area contributed by atoms with Crippen LogP contribution in [0.2, 0.25) is 0 Å². The third-order valence-electron chi connectivity index (χ3n) is 6.25. The van der Waals surface area contributed by atoms with Gasteiger partial charge in [-0.15, -0.1) is 0 Å². The first-order valence-corrected chi connectivity index (χ1v) is 13.0. The minimum atomic E-state index is -0.708. The van der Waals surface area contributed by atoms with Crippen LogP contribution in [0.1, 0.15) is 83.3 Å². The highest BCUT2D eigenvalue weighted by Gasteiger charge is 2.26. The van der Waals surface area contributed by atoms with Gasteiger partial charge in [0.25, 0.3) is 0 Å². The van der Waals surface area contributed by atoms with Gasteiger partial charge in [-0.25, -0.2) is 9.59 Å². The Balaban J connectivity index is 1.84. The van der Waals surface area contributed by atoms with Crippen LogP contribution in [0.25, 0.3) is 10.8 Å². The maximum absolute atomic E-state index is 12.5. The quantitative estimate of drug-likeness (QED) is 0.132. The molecule has 0 amide bonds. The summed E-state index contributed by atoms with van der Waals surface area (Å²) in [6.07, 6.45) is 10.0. The second-order valence-electron chi connectivity index (χ2n) is 9.11. The molecule has 6 nitrogen and oxygen atoms in total. The van der Waals surface area contributed by atoms with Gasteiger partial charge in [0.1, 0.15) is 11.5 Å². The van der Waals surface area contributed by atoms with Crippen LogP contribution < -0.4 is 9.47 Å². The normalized spacial score (nSPS) is 12.6. The second-order valence-corrected chi connectivity index (χ2v) is 9.11.